The van der Waals surface area contributed by atoms with Gasteiger partial charge in [0, 0.05) is 5.69 Å². The molecule has 3 amide bonds. The molecule has 3 rings (SSSR count). The number of nitrogens with zero attached hydrogens (tertiary/aromatic N) is 1. The van der Waals surface area contributed by atoms with Gasteiger partial charge in [0.25, 0.3) is 5.91 Å². The summed E-state index contributed by atoms with van der Waals surface area (Å²) in [6.07, 6.45) is 2.21. The number of hydrogen-bond acceptors (Lipinski definition) is 6. The van der Waals surface area contributed by atoms with Crippen LogP contribution in [-0.2, 0) is 20.8 Å². The van der Waals surface area contributed by atoms with Gasteiger partial charge in [-0.1, -0.05) is 31.2 Å². The van der Waals surface area contributed by atoms with Gasteiger partial charge in [-0.15, -0.1) is 0 Å². The molecule has 0 aliphatic heterocycles. The quantitative estimate of drug-likeness (QED) is 0.219. The number of carbonyl (C=O) groups is 3. The molecule has 0 bridgehead atoms. The summed E-state index contributed by atoms with van der Waals surface area (Å²) < 4.78 is 24.8. The van der Waals surface area contributed by atoms with Crippen LogP contribution in [0.5, 0.6) is 11.5 Å². The zero-order chi connectivity index (χ0) is 26.6. The first kappa shape index (κ1) is 26.9. The lowest BCUT2D eigenvalue weighted by Gasteiger charge is -2.13. The Morgan fingerprint density at radius 1 is 0.892 bits per heavy atom. The second-order valence-corrected chi connectivity index (χ2v) is 7.66. The molecule has 0 fully saturated rings. The van der Waals surface area contributed by atoms with Crippen molar-refractivity contribution < 1.29 is 28.2 Å². The van der Waals surface area contributed by atoms with Crippen LogP contribution in [-0.4, -0.2) is 37.1 Å². The van der Waals surface area contributed by atoms with Crippen molar-refractivity contribution in [1.29, 1.82) is 0 Å². The maximum absolute atomic E-state index is 13.6. The lowest BCUT2D eigenvalue weighted by molar-refractivity contribution is -0.136. The predicted molar refractivity (Wildman–Crippen MR) is 138 cm³/mol. The van der Waals surface area contributed by atoms with Gasteiger partial charge in [0.2, 0.25) is 0 Å². The molecule has 0 atom stereocenters. The molecule has 0 aliphatic carbocycles. The molecule has 10 heteroatoms. The Kier molecular flexibility index (Phi) is 9.72. The number of hydrazone groups is 1. The molecular formula is C27H27FN4O5. The van der Waals surface area contributed by atoms with Crippen molar-refractivity contribution in [2.24, 2.45) is 5.10 Å². The first-order valence-corrected chi connectivity index (χ1v) is 11.6. The van der Waals surface area contributed by atoms with Crippen LogP contribution in [0.25, 0.3) is 0 Å². The molecule has 192 valence electrons. The summed E-state index contributed by atoms with van der Waals surface area (Å²) in [7, 11) is 0. The van der Waals surface area contributed by atoms with Crippen molar-refractivity contribution in [3.8, 4) is 11.5 Å². The standard InChI is InChI=1S/C27H27FN4O5/c1-3-18-9-12-20(13-10-18)30-25(33)17-37-23-14-11-19(15-24(23)36-4-2)16-29-32-27(35)26(34)31-22-8-6-5-7-21(22)28/h5-16H,3-4,17H2,1-2H3,(H,30,33)(H,31,34)(H,32,35)/b29-16-. The number of amides is 3. The first-order valence-electron chi connectivity index (χ1n) is 11.6. The van der Waals surface area contributed by atoms with Crippen LogP contribution in [0.2, 0.25) is 0 Å². The van der Waals surface area contributed by atoms with E-state index >= 15 is 0 Å². The van der Waals surface area contributed by atoms with E-state index in [1.165, 1.54) is 30.0 Å². The van der Waals surface area contributed by atoms with Crippen molar-refractivity contribution in [2.75, 3.05) is 23.8 Å². The van der Waals surface area contributed by atoms with E-state index in [2.05, 4.69) is 28.1 Å². The Labute approximate surface area is 213 Å². The largest absolute Gasteiger partial charge is 0.490 e. The highest BCUT2D eigenvalue weighted by Gasteiger charge is 2.15. The maximum Gasteiger partial charge on any atom is 0.329 e. The van der Waals surface area contributed by atoms with Crippen LogP contribution >= 0.6 is 0 Å². The van der Waals surface area contributed by atoms with Gasteiger partial charge in [-0.3, -0.25) is 14.4 Å². The van der Waals surface area contributed by atoms with Crippen molar-refractivity contribution >= 4 is 35.3 Å². The van der Waals surface area contributed by atoms with Gasteiger partial charge in [0.1, 0.15) is 5.82 Å². The zero-order valence-electron chi connectivity index (χ0n) is 20.4. The fraction of sp³-hybridized carbons (Fsp3) is 0.185. The van der Waals surface area contributed by atoms with Gasteiger partial charge >= 0.3 is 11.8 Å². The summed E-state index contributed by atoms with van der Waals surface area (Å²) in [6.45, 7) is 3.97. The fourth-order valence-corrected chi connectivity index (χ4v) is 3.11. The van der Waals surface area contributed by atoms with E-state index in [0.717, 1.165) is 12.5 Å². The number of nitrogens with one attached hydrogen (secondary N) is 3. The second kappa shape index (κ2) is 13.4. The molecule has 3 N–H and O–H groups in total. The minimum atomic E-state index is -1.07. The van der Waals surface area contributed by atoms with E-state index < -0.39 is 17.6 Å². The molecule has 37 heavy (non-hydrogen) atoms. The summed E-state index contributed by atoms with van der Waals surface area (Å²) in [5.41, 5.74) is 4.34. The summed E-state index contributed by atoms with van der Waals surface area (Å²) in [4.78, 5) is 36.2. The monoisotopic (exact) mass is 506 g/mol. The van der Waals surface area contributed by atoms with Gasteiger partial charge in [0.15, 0.2) is 18.1 Å². The molecule has 0 saturated heterocycles. The van der Waals surface area contributed by atoms with Crippen LogP contribution in [0.15, 0.2) is 71.8 Å². The Hall–Kier alpha value is -4.73. The van der Waals surface area contributed by atoms with Crippen LogP contribution in [0, 0.1) is 5.82 Å². The number of para-hydroxylation sites is 1. The van der Waals surface area contributed by atoms with Crippen LogP contribution in [0.3, 0.4) is 0 Å². The Morgan fingerprint density at radius 2 is 1.65 bits per heavy atom. The van der Waals surface area contributed by atoms with E-state index in [1.54, 1.807) is 25.1 Å². The van der Waals surface area contributed by atoms with Crippen LogP contribution in [0.1, 0.15) is 25.0 Å². The average Bonchev–Trinajstić information content (AvgIpc) is 2.90. The van der Waals surface area contributed by atoms with Crippen LogP contribution < -0.4 is 25.5 Å². The van der Waals surface area contributed by atoms with Crippen molar-refractivity contribution in [3.63, 3.8) is 0 Å². The number of hydrogen-bond donors (Lipinski definition) is 3. The molecule has 0 aromatic heterocycles. The molecule has 3 aromatic rings. The summed E-state index contributed by atoms with van der Waals surface area (Å²) in [5, 5.41) is 8.69. The van der Waals surface area contributed by atoms with E-state index in [-0.39, 0.29) is 18.2 Å². The molecule has 0 heterocycles. The van der Waals surface area contributed by atoms with Crippen molar-refractivity contribution in [3.05, 3.63) is 83.7 Å². The molecule has 0 unspecified atom stereocenters. The lowest BCUT2D eigenvalue weighted by atomic mass is 10.1. The average molecular weight is 507 g/mol. The van der Waals surface area contributed by atoms with Gasteiger partial charge in [0.05, 0.1) is 18.5 Å². The minimum absolute atomic E-state index is 0.119. The highest BCUT2D eigenvalue weighted by molar-refractivity contribution is 6.39. The molecule has 0 spiro atoms. The van der Waals surface area contributed by atoms with E-state index in [0.29, 0.717) is 29.4 Å². The number of halogens is 1. The summed E-state index contributed by atoms with van der Waals surface area (Å²) in [6, 6.07) is 17.9. The molecule has 0 saturated carbocycles. The topological polar surface area (TPSA) is 118 Å². The maximum atomic E-state index is 13.6. The van der Waals surface area contributed by atoms with Gasteiger partial charge in [-0.2, -0.15) is 5.10 Å². The third-order valence-corrected chi connectivity index (χ3v) is 4.98. The lowest BCUT2D eigenvalue weighted by Crippen LogP contribution is -2.32. The number of rotatable bonds is 10. The van der Waals surface area contributed by atoms with Crippen LogP contribution in [0.4, 0.5) is 15.8 Å². The fourth-order valence-electron chi connectivity index (χ4n) is 3.11. The van der Waals surface area contributed by atoms with E-state index in [4.69, 9.17) is 9.47 Å². The van der Waals surface area contributed by atoms with Gasteiger partial charge < -0.3 is 20.1 Å². The Bertz CT molecular complexity index is 1280. The number of aryl methyl sites for hydroxylation is 1. The predicted octanol–water partition coefficient (Wildman–Crippen LogP) is 3.89. The van der Waals surface area contributed by atoms with Crippen molar-refractivity contribution in [1.82, 2.24) is 5.43 Å². The van der Waals surface area contributed by atoms with E-state index in [1.807, 2.05) is 24.3 Å². The number of carbonyl (C=O) groups excluding carboxylic acids is 3. The Morgan fingerprint density at radius 3 is 2.35 bits per heavy atom. The molecule has 0 radical (unpaired) electrons. The number of benzene rings is 3. The number of ether oxygens (including phenoxy) is 2. The number of anilines is 2. The van der Waals surface area contributed by atoms with Gasteiger partial charge in [-0.25, -0.2) is 9.82 Å². The molecule has 9 nitrogen and oxygen atoms in total. The summed E-state index contributed by atoms with van der Waals surface area (Å²) in [5.74, 6) is -2.41. The first-order chi connectivity index (χ1) is 17.9. The minimum Gasteiger partial charge on any atom is -0.490 e. The summed E-state index contributed by atoms with van der Waals surface area (Å²) >= 11 is 0. The highest BCUT2D eigenvalue weighted by atomic mass is 19.1. The second-order valence-electron chi connectivity index (χ2n) is 7.66. The Balaban J connectivity index is 1.55. The SMILES string of the molecule is CCOc1cc(/C=N\NC(=O)C(=O)Nc2ccccc2F)ccc1OCC(=O)Nc1ccc(CC)cc1. The van der Waals surface area contributed by atoms with Gasteiger partial charge in [-0.05, 0) is 66.9 Å². The molecular weight excluding hydrogens is 479 g/mol. The normalized spacial score (nSPS) is 10.6. The molecule has 3 aromatic carbocycles. The smallest absolute Gasteiger partial charge is 0.329 e. The third-order valence-electron chi connectivity index (χ3n) is 4.98. The molecule has 0 aliphatic rings. The zero-order valence-corrected chi connectivity index (χ0v) is 20.4. The van der Waals surface area contributed by atoms with Crippen molar-refractivity contribution in [2.45, 2.75) is 20.3 Å². The highest BCUT2D eigenvalue weighted by Crippen LogP contribution is 2.28. The van der Waals surface area contributed by atoms with E-state index in [9.17, 15) is 18.8 Å². The third kappa shape index (κ3) is 8.17.